The zero-order valence-corrected chi connectivity index (χ0v) is 18.9. The minimum atomic E-state index is 0.296. The quantitative estimate of drug-likeness (QED) is 0.457. The predicted molar refractivity (Wildman–Crippen MR) is 126 cm³/mol. The Labute approximate surface area is 195 Å². The van der Waals surface area contributed by atoms with Crippen LogP contribution in [0, 0.1) is 0 Å². The van der Waals surface area contributed by atoms with Crippen LogP contribution in [0.25, 0.3) is 11.4 Å². The number of anilines is 3. The maximum absolute atomic E-state index is 6.51. The lowest BCUT2D eigenvalue weighted by molar-refractivity contribution is 0.395. The van der Waals surface area contributed by atoms with Gasteiger partial charge < -0.3 is 20.1 Å². The number of allylic oxidation sites excluding steroid dienone is 4. The molecule has 10 heteroatoms. The van der Waals surface area contributed by atoms with Crippen molar-refractivity contribution < 1.29 is 9.47 Å². The molecular weight excluding hydrogens is 451 g/mol. The fraction of sp³-hybridized carbons (Fsp3) is 0.182. The summed E-state index contributed by atoms with van der Waals surface area (Å²) < 4.78 is 10.7. The number of rotatable bonds is 7. The van der Waals surface area contributed by atoms with E-state index < -0.39 is 0 Å². The molecule has 2 heterocycles. The zero-order valence-electron chi connectivity index (χ0n) is 17.4. The molecule has 0 saturated heterocycles. The number of nitrogens with zero attached hydrogens (tertiary/aromatic N) is 4. The third-order valence-electron chi connectivity index (χ3n) is 4.72. The van der Waals surface area contributed by atoms with Crippen LogP contribution in [0.3, 0.4) is 0 Å². The fourth-order valence-corrected chi connectivity index (χ4v) is 3.73. The van der Waals surface area contributed by atoms with Crippen LogP contribution in [0.1, 0.15) is 12.8 Å². The second-order valence-corrected chi connectivity index (χ2v) is 7.48. The van der Waals surface area contributed by atoms with Crippen molar-refractivity contribution in [2.45, 2.75) is 12.8 Å². The highest BCUT2D eigenvalue weighted by Crippen LogP contribution is 2.45. The first-order valence-electron chi connectivity index (χ1n) is 9.75. The van der Waals surface area contributed by atoms with Gasteiger partial charge in [0.1, 0.15) is 33.7 Å². The lowest BCUT2D eigenvalue weighted by atomic mass is 10.1. The average molecular weight is 471 g/mol. The van der Waals surface area contributed by atoms with E-state index in [1.807, 2.05) is 18.2 Å². The minimum Gasteiger partial charge on any atom is -0.495 e. The normalized spacial score (nSPS) is 12.8. The van der Waals surface area contributed by atoms with Crippen LogP contribution in [-0.2, 0) is 0 Å². The van der Waals surface area contributed by atoms with E-state index in [-0.39, 0.29) is 0 Å². The van der Waals surface area contributed by atoms with E-state index in [9.17, 15) is 0 Å². The van der Waals surface area contributed by atoms with Gasteiger partial charge in [-0.25, -0.2) is 15.0 Å². The van der Waals surface area contributed by atoms with Gasteiger partial charge in [0.25, 0.3) is 0 Å². The minimum absolute atomic E-state index is 0.296. The van der Waals surface area contributed by atoms with Gasteiger partial charge in [0, 0.05) is 18.0 Å². The van der Waals surface area contributed by atoms with E-state index in [4.69, 9.17) is 32.7 Å². The van der Waals surface area contributed by atoms with Crippen LogP contribution in [0.15, 0.2) is 54.6 Å². The van der Waals surface area contributed by atoms with Crippen LogP contribution in [0.2, 0.25) is 10.0 Å². The van der Waals surface area contributed by atoms with Crippen LogP contribution < -0.4 is 20.1 Å². The first-order chi connectivity index (χ1) is 15.6. The second kappa shape index (κ2) is 9.84. The molecule has 4 rings (SSSR count). The third kappa shape index (κ3) is 4.61. The fourth-order valence-electron chi connectivity index (χ4n) is 3.14. The van der Waals surface area contributed by atoms with E-state index in [0.717, 1.165) is 18.5 Å². The highest BCUT2D eigenvalue weighted by Gasteiger charge is 2.20. The molecule has 1 aliphatic rings. The van der Waals surface area contributed by atoms with Gasteiger partial charge in [-0.05, 0) is 31.1 Å². The number of nitrogens with one attached hydrogen (secondary N) is 2. The maximum Gasteiger partial charge on any atom is 0.230 e. The highest BCUT2D eigenvalue weighted by molar-refractivity contribution is 6.41. The summed E-state index contributed by atoms with van der Waals surface area (Å²) in [7, 11) is 3.03. The number of pyridine rings is 1. The van der Waals surface area contributed by atoms with Crippen molar-refractivity contribution in [3.63, 3.8) is 0 Å². The number of halogens is 2. The highest BCUT2D eigenvalue weighted by atomic mass is 35.5. The van der Waals surface area contributed by atoms with Crippen molar-refractivity contribution in [1.29, 1.82) is 0 Å². The molecule has 1 aliphatic carbocycles. The Balaban J connectivity index is 1.70. The molecule has 32 heavy (non-hydrogen) atoms. The van der Waals surface area contributed by atoms with E-state index in [2.05, 4.69) is 36.6 Å². The molecule has 164 valence electrons. The second-order valence-electron chi connectivity index (χ2n) is 6.73. The molecule has 1 aromatic carbocycles. The van der Waals surface area contributed by atoms with Gasteiger partial charge in [0.15, 0.2) is 5.82 Å². The summed E-state index contributed by atoms with van der Waals surface area (Å²) >= 11 is 13.0. The Morgan fingerprint density at radius 2 is 1.78 bits per heavy atom. The summed E-state index contributed by atoms with van der Waals surface area (Å²) in [6, 6.07) is 5.26. The lowest BCUT2D eigenvalue weighted by Crippen LogP contribution is -2.07. The van der Waals surface area contributed by atoms with Gasteiger partial charge in [-0.3, -0.25) is 0 Å². The number of methoxy groups -OCH3 is 2. The van der Waals surface area contributed by atoms with Crippen molar-refractivity contribution in [3.8, 4) is 22.9 Å². The molecular formula is C22H20Cl2N6O2. The van der Waals surface area contributed by atoms with Gasteiger partial charge in [0.05, 0.1) is 25.5 Å². The molecule has 0 unspecified atom stereocenters. The monoisotopic (exact) mass is 470 g/mol. The van der Waals surface area contributed by atoms with Crippen molar-refractivity contribution in [2.24, 2.45) is 0 Å². The predicted octanol–water partition coefficient (Wildman–Crippen LogP) is 5.65. The largest absolute Gasteiger partial charge is 0.495 e. The van der Waals surface area contributed by atoms with Crippen LogP contribution in [0.4, 0.5) is 17.5 Å². The first kappa shape index (κ1) is 21.9. The van der Waals surface area contributed by atoms with Crippen molar-refractivity contribution in [3.05, 3.63) is 64.7 Å². The molecule has 0 radical (unpaired) electrons. The number of benzene rings is 1. The molecule has 0 spiro atoms. The summed E-state index contributed by atoms with van der Waals surface area (Å²) in [6.45, 7) is 0. The Bertz CT molecular complexity index is 1170. The Hall–Kier alpha value is -3.36. The third-order valence-corrected chi connectivity index (χ3v) is 5.47. The molecule has 3 aromatic rings. The Morgan fingerprint density at radius 1 is 1.00 bits per heavy atom. The van der Waals surface area contributed by atoms with Crippen molar-refractivity contribution >= 4 is 40.7 Å². The van der Waals surface area contributed by atoms with Crippen LogP contribution in [-0.4, -0.2) is 34.2 Å². The van der Waals surface area contributed by atoms with Gasteiger partial charge in [-0.1, -0.05) is 35.4 Å². The summed E-state index contributed by atoms with van der Waals surface area (Å²) in [5, 5.41) is 7.01. The standard InChI is InChI=1S/C22H20Cl2N6O2/c1-31-15-11-16(32-2)18(24)19(17(15)23)29-20-14(9-6-10-25-20)21-26-12-27-22(30-21)28-13-7-4-3-5-8-13/h3-4,6-7,9-12H,5,8H2,1-2H3,(H,25,29)(H,26,27,28,30). The smallest absolute Gasteiger partial charge is 0.230 e. The number of hydrogen-bond acceptors (Lipinski definition) is 8. The molecule has 0 saturated carbocycles. The van der Waals surface area contributed by atoms with Crippen molar-refractivity contribution in [1.82, 2.24) is 19.9 Å². The molecule has 2 aromatic heterocycles. The Kier molecular flexibility index (Phi) is 6.72. The number of aromatic nitrogens is 4. The molecule has 2 N–H and O–H groups in total. The molecule has 8 nitrogen and oxygen atoms in total. The van der Waals surface area contributed by atoms with Gasteiger partial charge in [-0.2, -0.15) is 4.98 Å². The summed E-state index contributed by atoms with van der Waals surface area (Å²) in [4.78, 5) is 17.6. The summed E-state index contributed by atoms with van der Waals surface area (Å²) in [5.74, 6) is 2.17. The van der Waals surface area contributed by atoms with Gasteiger partial charge in [0.2, 0.25) is 5.95 Å². The van der Waals surface area contributed by atoms with Gasteiger partial charge >= 0.3 is 0 Å². The van der Waals surface area contributed by atoms with E-state index in [1.165, 1.54) is 20.5 Å². The zero-order chi connectivity index (χ0) is 22.5. The molecule has 0 bridgehead atoms. The van der Waals surface area contributed by atoms with Crippen molar-refractivity contribution in [2.75, 3.05) is 24.9 Å². The first-order valence-corrected chi connectivity index (χ1v) is 10.5. The summed E-state index contributed by atoms with van der Waals surface area (Å²) in [5.41, 5.74) is 2.08. The van der Waals surface area contributed by atoms with E-state index >= 15 is 0 Å². The van der Waals surface area contributed by atoms with Crippen LogP contribution in [0.5, 0.6) is 11.5 Å². The Morgan fingerprint density at radius 3 is 2.47 bits per heavy atom. The van der Waals surface area contributed by atoms with Gasteiger partial charge in [-0.15, -0.1) is 0 Å². The maximum atomic E-state index is 6.51. The van der Waals surface area contributed by atoms with E-state index in [0.29, 0.717) is 50.4 Å². The molecule has 0 aliphatic heterocycles. The van der Waals surface area contributed by atoms with E-state index in [1.54, 1.807) is 18.3 Å². The molecule has 0 fully saturated rings. The summed E-state index contributed by atoms with van der Waals surface area (Å²) in [6.07, 6.45) is 11.1. The number of hydrogen-bond donors (Lipinski definition) is 2. The SMILES string of the molecule is COc1cc(OC)c(Cl)c(Nc2ncccc2-c2ncnc(NC3=CC=CCC3)n2)c1Cl. The molecule has 0 atom stereocenters. The average Bonchev–Trinajstić information content (AvgIpc) is 2.83. The topological polar surface area (TPSA) is 94.1 Å². The lowest BCUT2D eigenvalue weighted by Gasteiger charge is -2.17. The number of ether oxygens (including phenoxy) is 2. The van der Waals surface area contributed by atoms with Crippen LogP contribution >= 0.6 is 23.2 Å². The molecule has 0 amide bonds.